The fourth-order valence-electron chi connectivity index (χ4n) is 2.42. The number of nitrogens with zero attached hydrogens (tertiary/aromatic N) is 1. The minimum absolute atomic E-state index is 0.340. The highest BCUT2D eigenvalue weighted by molar-refractivity contribution is 5.73. The second-order valence-corrected chi connectivity index (χ2v) is 5.26. The van der Waals surface area contributed by atoms with E-state index >= 15 is 0 Å². The highest BCUT2D eigenvalue weighted by atomic mass is 16.3. The third kappa shape index (κ3) is 1.35. The zero-order chi connectivity index (χ0) is 11.3. The zero-order valence-electron chi connectivity index (χ0n) is 9.87. The normalized spacial score (nSPS) is 23.3. The van der Waals surface area contributed by atoms with Crippen LogP contribution in [0.1, 0.15) is 31.3 Å². The first-order valence-electron chi connectivity index (χ1n) is 5.67. The van der Waals surface area contributed by atoms with Crippen molar-refractivity contribution in [3.63, 3.8) is 0 Å². The first kappa shape index (κ1) is 9.85. The average Bonchev–Trinajstić information content (AvgIpc) is 2.56. The van der Waals surface area contributed by atoms with Crippen molar-refractivity contribution in [3.8, 4) is 0 Å². The largest absolute Gasteiger partial charge is 0.441 e. The maximum Gasteiger partial charge on any atom is 0.192 e. The maximum atomic E-state index is 5.47. The van der Waals surface area contributed by atoms with Gasteiger partial charge < -0.3 is 9.73 Å². The molecular formula is C13H16N2O. The van der Waals surface area contributed by atoms with Crippen LogP contribution in [0.4, 0.5) is 0 Å². The van der Waals surface area contributed by atoms with Crippen LogP contribution in [0.2, 0.25) is 0 Å². The van der Waals surface area contributed by atoms with E-state index in [-0.39, 0.29) is 0 Å². The van der Waals surface area contributed by atoms with Gasteiger partial charge in [0.05, 0.1) is 0 Å². The van der Waals surface area contributed by atoms with Crippen molar-refractivity contribution in [2.24, 2.45) is 5.41 Å². The molecule has 0 radical (unpaired) electrons. The lowest BCUT2D eigenvalue weighted by atomic mass is 9.74. The smallest absolute Gasteiger partial charge is 0.192 e. The van der Waals surface area contributed by atoms with Crippen LogP contribution < -0.4 is 5.32 Å². The average molecular weight is 216 g/mol. The number of fused-ring (bicyclic) bond motifs is 1. The van der Waals surface area contributed by atoms with Crippen LogP contribution in [0.5, 0.6) is 0 Å². The molecule has 2 aromatic rings. The highest BCUT2D eigenvalue weighted by Gasteiger charge is 2.39. The number of rotatable bonds is 1. The predicted octanol–water partition coefficient (Wildman–Crippen LogP) is 2.81. The SMILES string of the molecule is Cc1nc2cc(C3NCC3(C)C)ccc2o1. The van der Waals surface area contributed by atoms with Gasteiger partial charge in [0.2, 0.25) is 0 Å². The number of hydrogen-bond donors (Lipinski definition) is 1. The van der Waals surface area contributed by atoms with Crippen molar-refractivity contribution in [1.82, 2.24) is 10.3 Å². The number of aromatic nitrogens is 1. The van der Waals surface area contributed by atoms with Gasteiger partial charge in [-0.3, -0.25) is 0 Å². The third-order valence-electron chi connectivity index (χ3n) is 3.40. The molecule has 0 bridgehead atoms. The molecule has 1 aliphatic rings. The molecule has 1 saturated heterocycles. The van der Waals surface area contributed by atoms with Crippen LogP contribution in [0.15, 0.2) is 22.6 Å². The highest BCUT2D eigenvalue weighted by Crippen LogP contribution is 2.40. The van der Waals surface area contributed by atoms with Crippen molar-refractivity contribution in [3.05, 3.63) is 29.7 Å². The molecule has 2 heterocycles. The Kier molecular flexibility index (Phi) is 1.89. The van der Waals surface area contributed by atoms with Gasteiger partial charge in [-0.2, -0.15) is 0 Å². The van der Waals surface area contributed by atoms with Gasteiger partial charge in [-0.15, -0.1) is 0 Å². The van der Waals surface area contributed by atoms with Crippen LogP contribution in [0, 0.1) is 12.3 Å². The van der Waals surface area contributed by atoms with E-state index in [1.165, 1.54) is 5.56 Å². The number of aryl methyl sites for hydroxylation is 1. The third-order valence-corrected chi connectivity index (χ3v) is 3.40. The molecular weight excluding hydrogens is 200 g/mol. The van der Waals surface area contributed by atoms with Gasteiger partial charge >= 0.3 is 0 Å². The molecule has 84 valence electrons. The lowest BCUT2D eigenvalue weighted by molar-refractivity contribution is 0.128. The monoisotopic (exact) mass is 216 g/mol. The summed E-state index contributed by atoms with van der Waals surface area (Å²) in [5.41, 5.74) is 3.47. The summed E-state index contributed by atoms with van der Waals surface area (Å²) in [6, 6.07) is 6.71. The van der Waals surface area contributed by atoms with Gasteiger partial charge in [-0.1, -0.05) is 19.9 Å². The molecule has 1 N–H and O–H groups in total. The van der Waals surface area contributed by atoms with Gasteiger partial charge in [0, 0.05) is 19.5 Å². The Labute approximate surface area is 94.9 Å². The molecule has 0 saturated carbocycles. The minimum atomic E-state index is 0.340. The van der Waals surface area contributed by atoms with E-state index in [9.17, 15) is 0 Å². The van der Waals surface area contributed by atoms with Crippen molar-refractivity contribution < 1.29 is 4.42 Å². The second kappa shape index (κ2) is 3.08. The van der Waals surface area contributed by atoms with Gasteiger partial charge in [-0.25, -0.2) is 4.98 Å². The Hall–Kier alpha value is -1.35. The van der Waals surface area contributed by atoms with Gasteiger partial charge in [0.25, 0.3) is 0 Å². The number of hydrogen-bond acceptors (Lipinski definition) is 3. The van der Waals surface area contributed by atoms with E-state index in [2.05, 4.69) is 36.3 Å². The Morgan fingerprint density at radius 3 is 2.88 bits per heavy atom. The van der Waals surface area contributed by atoms with Crippen LogP contribution in [-0.2, 0) is 0 Å². The van der Waals surface area contributed by atoms with Crippen LogP contribution in [0.25, 0.3) is 11.1 Å². The summed E-state index contributed by atoms with van der Waals surface area (Å²) in [7, 11) is 0. The summed E-state index contributed by atoms with van der Waals surface area (Å²) in [6.45, 7) is 7.53. The first-order chi connectivity index (χ1) is 7.56. The van der Waals surface area contributed by atoms with Crippen LogP contribution >= 0.6 is 0 Å². The minimum Gasteiger partial charge on any atom is -0.441 e. The van der Waals surface area contributed by atoms with Crippen molar-refractivity contribution in [1.29, 1.82) is 0 Å². The molecule has 1 atom stereocenters. The zero-order valence-corrected chi connectivity index (χ0v) is 9.87. The van der Waals surface area contributed by atoms with E-state index in [1.807, 2.05) is 13.0 Å². The molecule has 0 aliphatic carbocycles. The molecule has 3 nitrogen and oxygen atoms in total. The standard InChI is InChI=1S/C13H16N2O/c1-8-15-10-6-9(4-5-11(10)16-8)12-13(2,3)7-14-12/h4-6,12,14H,7H2,1-3H3. The van der Waals surface area contributed by atoms with E-state index in [0.29, 0.717) is 11.5 Å². The molecule has 3 rings (SSSR count). The van der Waals surface area contributed by atoms with E-state index in [4.69, 9.17) is 4.42 Å². The summed E-state index contributed by atoms with van der Waals surface area (Å²) in [4.78, 5) is 4.37. The van der Waals surface area contributed by atoms with E-state index in [0.717, 1.165) is 23.5 Å². The second-order valence-electron chi connectivity index (χ2n) is 5.26. The Bertz CT molecular complexity index is 542. The lowest BCUT2D eigenvalue weighted by Gasteiger charge is -2.46. The Morgan fingerprint density at radius 2 is 2.25 bits per heavy atom. The Balaban J connectivity index is 2.05. The molecule has 1 aromatic heterocycles. The topological polar surface area (TPSA) is 38.1 Å². The summed E-state index contributed by atoms with van der Waals surface area (Å²) in [6.07, 6.45) is 0. The van der Waals surface area contributed by atoms with Crippen molar-refractivity contribution in [2.45, 2.75) is 26.8 Å². The molecule has 1 aromatic carbocycles. The van der Waals surface area contributed by atoms with Crippen molar-refractivity contribution >= 4 is 11.1 Å². The maximum absolute atomic E-state index is 5.47. The fraction of sp³-hybridized carbons (Fsp3) is 0.462. The number of nitrogens with one attached hydrogen (secondary N) is 1. The fourth-order valence-corrected chi connectivity index (χ4v) is 2.42. The van der Waals surface area contributed by atoms with Gasteiger partial charge in [0.1, 0.15) is 5.52 Å². The van der Waals surface area contributed by atoms with E-state index < -0.39 is 0 Å². The lowest BCUT2D eigenvalue weighted by Crippen LogP contribution is -2.52. The first-order valence-corrected chi connectivity index (χ1v) is 5.67. The molecule has 3 heteroatoms. The van der Waals surface area contributed by atoms with Crippen LogP contribution in [-0.4, -0.2) is 11.5 Å². The molecule has 1 fully saturated rings. The van der Waals surface area contributed by atoms with Crippen LogP contribution in [0.3, 0.4) is 0 Å². The van der Waals surface area contributed by atoms with Gasteiger partial charge in [0.15, 0.2) is 11.5 Å². The number of oxazole rings is 1. The predicted molar refractivity (Wildman–Crippen MR) is 63.3 cm³/mol. The van der Waals surface area contributed by atoms with Crippen molar-refractivity contribution in [2.75, 3.05) is 6.54 Å². The molecule has 16 heavy (non-hydrogen) atoms. The summed E-state index contributed by atoms with van der Waals surface area (Å²) in [5, 5.41) is 3.47. The summed E-state index contributed by atoms with van der Waals surface area (Å²) >= 11 is 0. The molecule has 1 aliphatic heterocycles. The Morgan fingerprint density at radius 1 is 1.44 bits per heavy atom. The summed E-state index contributed by atoms with van der Waals surface area (Å²) in [5.74, 6) is 0.730. The molecule has 1 unspecified atom stereocenters. The number of benzene rings is 1. The molecule has 0 spiro atoms. The van der Waals surface area contributed by atoms with Gasteiger partial charge in [-0.05, 0) is 23.1 Å². The quantitative estimate of drug-likeness (QED) is 0.796. The van der Waals surface area contributed by atoms with E-state index in [1.54, 1.807) is 0 Å². The summed E-state index contributed by atoms with van der Waals surface area (Å²) < 4.78 is 5.47. The molecule has 0 amide bonds.